The Bertz CT molecular complexity index is 622. The highest BCUT2D eigenvalue weighted by Gasteiger charge is 2.35. The van der Waals surface area contributed by atoms with Crippen LogP contribution in [0.5, 0.6) is 0 Å². The zero-order chi connectivity index (χ0) is 12.8. The maximum Gasteiger partial charge on any atom is 0.210 e. The third-order valence-electron chi connectivity index (χ3n) is 4.02. The van der Waals surface area contributed by atoms with Crippen molar-refractivity contribution < 1.29 is 0 Å². The summed E-state index contributed by atoms with van der Waals surface area (Å²) >= 11 is 1.88. The van der Waals surface area contributed by atoms with Gasteiger partial charge in [-0.05, 0) is 25.3 Å². The normalized spacial score (nSPS) is 24.7. The number of aryl methyl sites for hydroxylation is 1. The Kier molecular flexibility index (Phi) is 2.55. The highest BCUT2D eigenvalue weighted by Crippen LogP contribution is 2.39. The molecule has 2 heterocycles. The van der Waals surface area contributed by atoms with Gasteiger partial charge in [-0.2, -0.15) is 0 Å². The Labute approximate surface area is 116 Å². The van der Waals surface area contributed by atoms with Gasteiger partial charge >= 0.3 is 0 Å². The molecule has 1 aliphatic carbocycles. The van der Waals surface area contributed by atoms with Crippen LogP contribution in [-0.2, 0) is 0 Å². The molecule has 1 aromatic heterocycles. The molecule has 2 aliphatic rings. The lowest BCUT2D eigenvalue weighted by atomic mass is 10.1. The molecule has 0 amide bonds. The SMILES string of the molecule is Cc1ccccc1-c1nnc2n1NC1CCCC1S2. The lowest BCUT2D eigenvalue weighted by molar-refractivity contribution is 0.611. The summed E-state index contributed by atoms with van der Waals surface area (Å²) in [6.45, 7) is 2.12. The molecule has 2 atom stereocenters. The average Bonchev–Trinajstić information content (AvgIpc) is 3.02. The van der Waals surface area contributed by atoms with Crippen LogP contribution in [0.15, 0.2) is 29.4 Å². The van der Waals surface area contributed by atoms with E-state index in [4.69, 9.17) is 0 Å². The summed E-state index contributed by atoms with van der Waals surface area (Å²) in [4.78, 5) is 0. The van der Waals surface area contributed by atoms with Crippen LogP contribution in [0.2, 0.25) is 0 Å². The van der Waals surface area contributed by atoms with Crippen LogP contribution in [0.25, 0.3) is 11.4 Å². The van der Waals surface area contributed by atoms with Gasteiger partial charge < -0.3 is 5.43 Å². The van der Waals surface area contributed by atoms with E-state index in [-0.39, 0.29) is 0 Å². The molecule has 5 heteroatoms. The van der Waals surface area contributed by atoms with E-state index in [9.17, 15) is 0 Å². The predicted octanol–water partition coefficient (Wildman–Crippen LogP) is 2.82. The van der Waals surface area contributed by atoms with Crippen LogP contribution < -0.4 is 5.43 Å². The zero-order valence-electron chi connectivity index (χ0n) is 10.8. The van der Waals surface area contributed by atoms with E-state index in [1.54, 1.807) is 0 Å². The van der Waals surface area contributed by atoms with E-state index >= 15 is 0 Å². The van der Waals surface area contributed by atoms with E-state index in [2.05, 4.69) is 51.5 Å². The second kappa shape index (κ2) is 4.27. The highest BCUT2D eigenvalue weighted by atomic mass is 32.2. The Morgan fingerprint density at radius 1 is 1.26 bits per heavy atom. The van der Waals surface area contributed by atoms with Crippen molar-refractivity contribution in [3.63, 3.8) is 0 Å². The lowest BCUT2D eigenvalue weighted by Gasteiger charge is -2.28. The van der Waals surface area contributed by atoms with Gasteiger partial charge in [0.1, 0.15) is 0 Å². The molecule has 98 valence electrons. The van der Waals surface area contributed by atoms with Crippen LogP contribution in [-0.4, -0.2) is 26.2 Å². The minimum atomic E-state index is 0.566. The van der Waals surface area contributed by atoms with Crippen molar-refractivity contribution in [2.24, 2.45) is 0 Å². The van der Waals surface area contributed by atoms with Gasteiger partial charge in [-0.1, -0.05) is 42.4 Å². The maximum absolute atomic E-state index is 4.39. The molecule has 0 spiro atoms. The largest absolute Gasteiger partial charge is 0.318 e. The molecule has 4 nitrogen and oxygen atoms in total. The monoisotopic (exact) mass is 272 g/mol. The van der Waals surface area contributed by atoms with Crippen LogP contribution in [0, 0.1) is 6.92 Å². The number of aromatic nitrogens is 3. The first-order chi connectivity index (χ1) is 9.33. The van der Waals surface area contributed by atoms with Crippen molar-refractivity contribution in [3.05, 3.63) is 29.8 Å². The summed E-state index contributed by atoms with van der Waals surface area (Å²) in [6, 6.07) is 8.90. The fraction of sp³-hybridized carbons (Fsp3) is 0.429. The van der Waals surface area contributed by atoms with Gasteiger partial charge in [0.2, 0.25) is 5.16 Å². The maximum atomic E-state index is 4.39. The summed E-state index contributed by atoms with van der Waals surface area (Å²) in [5.74, 6) is 0.936. The van der Waals surface area contributed by atoms with Crippen LogP contribution >= 0.6 is 11.8 Å². The van der Waals surface area contributed by atoms with Gasteiger partial charge in [-0.3, -0.25) is 0 Å². The van der Waals surface area contributed by atoms with Crippen molar-refractivity contribution >= 4 is 11.8 Å². The van der Waals surface area contributed by atoms with Gasteiger partial charge in [0.25, 0.3) is 0 Å². The summed E-state index contributed by atoms with van der Waals surface area (Å²) in [5.41, 5.74) is 6.00. The Hall–Kier alpha value is -1.49. The molecule has 2 unspecified atom stereocenters. The molecular formula is C14H16N4S. The zero-order valence-corrected chi connectivity index (χ0v) is 11.7. The summed E-state index contributed by atoms with van der Waals surface area (Å²) in [6.07, 6.45) is 3.85. The lowest BCUT2D eigenvalue weighted by Crippen LogP contribution is -2.37. The molecule has 1 N–H and O–H groups in total. The summed E-state index contributed by atoms with van der Waals surface area (Å²) in [7, 11) is 0. The van der Waals surface area contributed by atoms with Gasteiger partial charge in [-0.25, -0.2) is 4.68 Å². The molecular weight excluding hydrogens is 256 g/mol. The molecule has 0 radical (unpaired) electrons. The third-order valence-corrected chi connectivity index (χ3v) is 5.37. The van der Waals surface area contributed by atoms with E-state index in [0.29, 0.717) is 11.3 Å². The van der Waals surface area contributed by atoms with Gasteiger partial charge in [0.05, 0.1) is 6.04 Å². The smallest absolute Gasteiger partial charge is 0.210 e. The average molecular weight is 272 g/mol. The minimum Gasteiger partial charge on any atom is -0.318 e. The Morgan fingerprint density at radius 2 is 2.16 bits per heavy atom. The van der Waals surface area contributed by atoms with E-state index < -0.39 is 0 Å². The quantitative estimate of drug-likeness (QED) is 0.867. The number of fused-ring (bicyclic) bond motifs is 2. The topological polar surface area (TPSA) is 42.7 Å². The predicted molar refractivity (Wildman–Crippen MR) is 76.8 cm³/mol. The van der Waals surface area contributed by atoms with Gasteiger partial charge in [-0.15, -0.1) is 10.2 Å². The number of rotatable bonds is 1. The molecule has 1 aromatic carbocycles. The third kappa shape index (κ3) is 1.75. The molecule has 19 heavy (non-hydrogen) atoms. The summed E-state index contributed by atoms with van der Waals surface area (Å²) < 4.78 is 2.08. The van der Waals surface area contributed by atoms with Crippen molar-refractivity contribution in [1.29, 1.82) is 0 Å². The number of nitrogens with one attached hydrogen (secondary N) is 1. The van der Waals surface area contributed by atoms with E-state index in [1.807, 2.05) is 11.8 Å². The number of benzene rings is 1. The van der Waals surface area contributed by atoms with E-state index in [1.165, 1.54) is 24.8 Å². The number of nitrogens with zero attached hydrogens (tertiary/aromatic N) is 3. The molecule has 2 aromatic rings. The van der Waals surface area contributed by atoms with Gasteiger partial charge in [0.15, 0.2) is 5.82 Å². The summed E-state index contributed by atoms with van der Waals surface area (Å²) in [5, 5.41) is 10.4. The van der Waals surface area contributed by atoms with Crippen LogP contribution in [0.4, 0.5) is 0 Å². The first-order valence-electron chi connectivity index (χ1n) is 6.77. The van der Waals surface area contributed by atoms with Crippen LogP contribution in [0.1, 0.15) is 24.8 Å². The second-order valence-corrected chi connectivity index (χ2v) is 6.49. The second-order valence-electron chi connectivity index (χ2n) is 5.28. The standard InChI is InChI=1S/C14H16N4S/c1-9-5-2-3-6-10(9)13-15-16-14-18(13)17-11-7-4-8-12(11)19-14/h2-3,5-6,11-12,17H,4,7-8H2,1H3. The van der Waals surface area contributed by atoms with Crippen LogP contribution in [0.3, 0.4) is 0 Å². The first-order valence-corrected chi connectivity index (χ1v) is 7.65. The number of hydrogen-bond donors (Lipinski definition) is 1. The molecule has 0 saturated heterocycles. The fourth-order valence-electron chi connectivity index (χ4n) is 2.98. The van der Waals surface area contributed by atoms with E-state index in [0.717, 1.165) is 16.5 Å². The highest BCUT2D eigenvalue weighted by molar-refractivity contribution is 7.99. The number of thioether (sulfide) groups is 1. The fourth-order valence-corrected chi connectivity index (χ4v) is 4.23. The Balaban J connectivity index is 1.79. The van der Waals surface area contributed by atoms with Crippen molar-refractivity contribution in [1.82, 2.24) is 14.9 Å². The number of hydrogen-bond acceptors (Lipinski definition) is 4. The molecule has 1 saturated carbocycles. The van der Waals surface area contributed by atoms with Crippen molar-refractivity contribution in [3.8, 4) is 11.4 Å². The van der Waals surface area contributed by atoms with Crippen molar-refractivity contribution in [2.45, 2.75) is 42.6 Å². The molecule has 4 rings (SSSR count). The minimum absolute atomic E-state index is 0.566. The first kappa shape index (κ1) is 11.3. The molecule has 1 fully saturated rings. The Morgan fingerprint density at radius 3 is 3.05 bits per heavy atom. The van der Waals surface area contributed by atoms with Gasteiger partial charge in [0, 0.05) is 10.8 Å². The molecule has 1 aliphatic heterocycles. The van der Waals surface area contributed by atoms with Crippen molar-refractivity contribution in [2.75, 3.05) is 5.43 Å². The molecule has 0 bridgehead atoms.